The SMILES string of the molecule is Clc1cccc(NCc2nc(-c3ccccc3)n[nH]2)c1. The minimum absolute atomic E-state index is 0.570. The Morgan fingerprint density at radius 1 is 1.05 bits per heavy atom. The molecule has 100 valence electrons. The topological polar surface area (TPSA) is 53.6 Å². The lowest BCUT2D eigenvalue weighted by Crippen LogP contribution is -2.01. The lowest BCUT2D eigenvalue weighted by Gasteiger charge is -2.03. The van der Waals surface area contributed by atoms with Crippen molar-refractivity contribution in [3.05, 3.63) is 65.4 Å². The highest BCUT2D eigenvalue weighted by Gasteiger charge is 2.05. The molecule has 20 heavy (non-hydrogen) atoms. The highest BCUT2D eigenvalue weighted by atomic mass is 35.5. The third kappa shape index (κ3) is 2.97. The molecule has 0 spiro atoms. The molecule has 0 aliphatic heterocycles. The van der Waals surface area contributed by atoms with Crippen molar-refractivity contribution in [1.82, 2.24) is 15.2 Å². The van der Waals surface area contributed by atoms with E-state index in [2.05, 4.69) is 20.5 Å². The first-order valence-electron chi connectivity index (χ1n) is 6.27. The molecule has 0 amide bonds. The van der Waals surface area contributed by atoms with E-state index < -0.39 is 0 Å². The van der Waals surface area contributed by atoms with Crippen LogP contribution in [0.5, 0.6) is 0 Å². The van der Waals surface area contributed by atoms with Gasteiger partial charge in [-0.05, 0) is 18.2 Å². The van der Waals surface area contributed by atoms with Gasteiger partial charge in [-0.3, -0.25) is 5.10 Å². The molecule has 0 saturated heterocycles. The average molecular weight is 285 g/mol. The molecule has 0 bridgehead atoms. The maximum atomic E-state index is 5.93. The molecule has 0 unspecified atom stereocenters. The zero-order valence-corrected chi connectivity index (χ0v) is 11.4. The molecule has 1 heterocycles. The van der Waals surface area contributed by atoms with Crippen molar-refractivity contribution >= 4 is 17.3 Å². The van der Waals surface area contributed by atoms with Gasteiger partial charge in [-0.15, -0.1) is 0 Å². The Balaban J connectivity index is 1.69. The maximum Gasteiger partial charge on any atom is 0.181 e. The summed E-state index contributed by atoms with van der Waals surface area (Å²) in [6.07, 6.45) is 0. The summed E-state index contributed by atoms with van der Waals surface area (Å²) in [6, 6.07) is 17.4. The number of aromatic amines is 1. The molecule has 2 aromatic carbocycles. The number of aromatic nitrogens is 3. The van der Waals surface area contributed by atoms with Gasteiger partial charge in [0.15, 0.2) is 5.82 Å². The van der Waals surface area contributed by atoms with Crippen LogP contribution in [0, 0.1) is 0 Å². The number of anilines is 1. The predicted molar refractivity (Wildman–Crippen MR) is 80.6 cm³/mol. The molecule has 0 atom stereocenters. The van der Waals surface area contributed by atoms with E-state index in [9.17, 15) is 0 Å². The highest BCUT2D eigenvalue weighted by Crippen LogP contribution is 2.16. The van der Waals surface area contributed by atoms with E-state index in [4.69, 9.17) is 11.6 Å². The lowest BCUT2D eigenvalue weighted by atomic mass is 10.2. The molecular weight excluding hydrogens is 272 g/mol. The van der Waals surface area contributed by atoms with E-state index in [1.807, 2.05) is 54.6 Å². The van der Waals surface area contributed by atoms with Gasteiger partial charge in [-0.1, -0.05) is 48.0 Å². The molecule has 0 aliphatic rings. The van der Waals surface area contributed by atoms with Crippen molar-refractivity contribution in [3.8, 4) is 11.4 Å². The summed E-state index contributed by atoms with van der Waals surface area (Å²) in [5, 5.41) is 11.1. The molecule has 1 aromatic heterocycles. The quantitative estimate of drug-likeness (QED) is 0.767. The van der Waals surface area contributed by atoms with Gasteiger partial charge in [0.25, 0.3) is 0 Å². The lowest BCUT2D eigenvalue weighted by molar-refractivity contribution is 0.955. The minimum atomic E-state index is 0.570. The molecule has 5 heteroatoms. The maximum absolute atomic E-state index is 5.93. The number of nitrogens with zero attached hydrogens (tertiary/aromatic N) is 2. The Kier molecular flexibility index (Phi) is 3.65. The van der Waals surface area contributed by atoms with Crippen LogP contribution in [-0.4, -0.2) is 15.2 Å². The molecule has 2 N–H and O–H groups in total. The Bertz CT molecular complexity index is 694. The molecule has 3 rings (SSSR count). The number of halogens is 1. The van der Waals surface area contributed by atoms with E-state index in [0.29, 0.717) is 17.4 Å². The summed E-state index contributed by atoms with van der Waals surface area (Å²) in [7, 11) is 0. The van der Waals surface area contributed by atoms with Crippen molar-refractivity contribution < 1.29 is 0 Å². The van der Waals surface area contributed by atoms with Crippen molar-refractivity contribution in [2.45, 2.75) is 6.54 Å². The van der Waals surface area contributed by atoms with Crippen molar-refractivity contribution in [3.63, 3.8) is 0 Å². The van der Waals surface area contributed by atoms with E-state index in [1.54, 1.807) is 0 Å². The second-order valence-electron chi connectivity index (χ2n) is 4.34. The van der Waals surface area contributed by atoms with Gasteiger partial charge in [0.2, 0.25) is 0 Å². The van der Waals surface area contributed by atoms with Crippen LogP contribution in [0.3, 0.4) is 0 Å². The average Bonchev–Trinajstić information content (AvgIpc) is 2.95. The van der Waals surface area contributed by atoms with Gasteiger partial charge < -0.3 is 5.32 Å². The van der Waals surface area contributed by atoms with Gasteiger partial charge in [0.05, 0.1) is 6.54 Å². The Labute approximate surface area is 121 Å². The zero-order chi connectivity index (χ0) is 13.8. The van der Waals surface area contributed by atoms with Gasteiger partial charge in [-0.2, -0.15) is 5.10 Å². The van der Waals surface area contributed by atoms with Crippen LogP contribution in [0.1, 0.15) is 5.82 Å². The molecule has 0 aliphatic carbocycles. The number of benzene rings is 2. The number of nitrogens with one attached hydrogen (secondary N) is 2. The van der Waals surface area contributed by atoms with Crippen molar-refractivity contribution in [2.75, 3.05) is 5.32 Å². The van der Waals surface area contributed by atoms with Crippen LogP contribution in [0.25, 0.3) is 11.4 Å². The molecule has 3 aromatic rings. The van der Waals surface area contributed by atoms with Gasteiger partial charge in [-0.25, -0.2) is 4.98 Å². The first-order valence-corrected chi connectivity index (χ1v) is 6.65. The van der Waals surface area contributed by atoms with Crippen LogP contribution in [0.2, 0.25) is 5.02 Å². The first kappa shape index (κ1) is 12.7. The monoisotopic (exact) mass is 284 g/mol. The number of rotatable bonds is 4. The van der Waals surface area contributed by atoms with E-state index >= 15 is 0 Å². The second-order valence-corrected chi connectivity index (χ2v) is 4.77. The Morgan fingerprint density at radius 2 is 1.90 bits per heavy atom. The van der Waals surface area contributed by atoms with Gasteiger partial charge in [0, 0.05) is 16.3 Å². The largest absolute Gasteiger partial charge is 0.378 e. The summed E-state index contributed by atoms with van der Waals surface area (Å²) in [5.41, 5.74) is 1.95. The fourth-order valence-corrected chi connectivity index (χ4v) is 2.07. The molecule has 0 radical (unpaired) electrons. The summed E-state index contributed by atoms with van der Waals surface area (Å²) in [5.74, 6) is 1.48. The Hall–Kier alpha value is -2.33. The summed E-state index contributed by atoms with van der Waals surface area (Å²) < 4.78 is 0. The highest BCUT2D eigenvalue weighted by molar-refractivity contribution is 6.30. The fourth-order valence-electron chi connectivity index (χ4n) is 1.87. The fraction of sp³-hybridized carbons (Fsp3) is 0.0667. The normalized spacial score (nSPS) is 10.4. The zero-order valence-electron chi connectivity index (χ0n) is 10.7. The van der Waals surface area contributed by atoms with Crippen LogP contribution < -0.4 is 5.32 Å². The predicted octanol–water partition coefficient (Wildman–Crippen LogP) is 3.74. The third-order valence-corrected chi connectivity index (χ3v) is 3.08. The number of hydrogen-bond donors (Lipinski definition) is 2. The summed E-state index contributed by atoms with van der Waals surface area (Å²) in [6.45, 7) is 0.570. The van der Waals surface area contributed by atoms with Crippen LogP contribution in [-0.2, 0) is 6.54 Å². The smallest absolute Gasteiger partial charge is 0.181 e. The van der Waals surface area contributed by atoms with Crippen molar-refractivity contribution in [2.24, 2.45) is 0 Å². The summed E-state index contributed by atoms with van der Waals surface area (Å²) >= 11 is 5.93. The third-order valence-electron chi connectivity index (χ3n) is 2.85. The molecule has 4 nitrogen and oxygen atoms in total. The van der Waals surface area contributed by atoms with E-state index in [-0.39, 0.29) is 0 Å². The van der Waals surface area contributed by atoms with Crippen LogP contribution in [0.4, 0.5) is 5.69 Å². The minimum Gasteiger partial charge on any atom is -0.378 e. The number of H-pyrrole nitrogens is 1. The summed E-state index contributed by atoms with van der Waals surface area (Å²) in [4.78, 5) is 4.46. The molecule has 0 fully saturated rings. The van der Waals surface area contributed by atoms with Gasteiger partial charge in [0.1, 0.15) is 5.82 Å². The first-order chi connectivity index (χ1) is 9.81. The molecule has 0 saturated carbocycles. The van der Waals surface area contributed by atoms with E-state index in [1.165, 1.54) is 0 Å². The van der Waals surface area contributed by atoms with E-state index in [0.717, 1.165) is 17.1 Å². The van der Waals surface area contributed by atoms with Crippen LogP contribution in [0.15, 0.2) is 54.6 Å². The van der Waals surface area contributed by atoms with Crippen LogP contribution >= 0.6 is 11.6 Å². The second kappa shape index (κ2) is 5.75. The number of hydrogen-bond acceptors (Lipinski definition) is 3. The van der Waals surface area contributed by atoms with Crippen molar-refractivity contribution in [1.29, 1.82) is 0 Å². The standard InChI is InChI=1S/C15H13ClN4/c16-12-7-4-8-13(9-12)17-10-14-18-15(20-19-14)11-5-2-1-3-6-11/h1-9,17H,10H2,(H,18,19,20). The molecular formula is C15H13ClN4. The van der Waals surface area contributed by atoms with Gasteiger partial charge >= 0.3 is 0 Å². The Morgan fingerprint density at radius 3 is 2.70 bits per heavy atom.